The largest absolute Gasteiger partial charge is 0.508 e. The van der Waals surface area contributed by atoms with Gasteiger partial charge in [0.2, 0.25) is 23.6 Å². The molecule has 3 atom stereocenters. The zero-order chi connectivity index (χ0) is 63.7. The fraction of sp³-hybridized carbons (Fsp3) is 0.769. The van der Waals surface area contributed by atoms with E-state index in [-0.39, 0.29) is 133 Å². The number of carbonyl (C=O) groups is 9. The number of phenolic OH excluding ortho intramolecular Hbond substituents is 1. The zero-order valence-electron chi connectivity index (χ0n) is 52.8. The number of hydrogen-bond acceptors (Lipinski definition) is 16. The second kappa shape index (κ2) is 50.5. The number of rotatable bonds is 58. The number of aliphatic carboxylic acids is 2. The molecule has 1 aromatic rings. The Kier molecular flexibility index (Phi) is 45.1. The third-order valence-corrected chi connectivity index (χ3v) is 16.1. The molecule has 0 spiro atoms. The van der Waals surface area contributed by atoms with Crippen LogP contribution in [0.2, 0.25) is 0 Å². The monoisotopic (exact) mass is 1230 g/mol. The lowest BCUT2D eigenvalue weighted by Crippen LogP contribution is -2.49. The van der Waals surface area contributed by atoms with Crippen molar-refractivity contribution in [1.82, 2.24) is 26.2 Å². The summed E-state index contributed by atoms with van der Waals surface area (Å²) >= 11 is 0. The first kappa shape index (κ1) is 77.7. The second-order valence-electron chi connectivity index (χ2n) is 23.5. The van der Waals surface area contributed by atoms with Crippen LogP contribution in [0.4, 0.5) is 0 Å². The van der Waals surface area contributed by atoms with Crippen molar-refractivity contribution in [2.75, 3.05) is 86.6 Å². The van der Waals surface area contributed by atoms with Gasteiger partial charge in [0.25, 0.3) is 0 Å². The first-order valence-electron chi connectivity index (χ1n) is 32.6. The summed E-state index contributed by atoms with van der Waals surface area (Å²) in [5.41, 5.74) is 6.45. The van der Waals surface area contributed by atoms with Crippen molar-refractivity contribution < 1.29 is 77.4 Å². The molecule has 1 aliphatic rings. The molecule has 22 nitrogen and oxygen atoms in total. The molecule has 0 aromatic heterocycles. The molecule has 9 N–H and O–H groups in total. The predicted octanol–water partition coefficient (Wildman–Crippen LogP) is 7.31. The molecule has 0 saturated heterocycles. The number of unbranched alkanes of at least 4 members (excludes halogenated alkanes) is 16. The van der Waals surface area contributed by atoms with E-state index in [1.54, 1.807) is 31.1 Å². The SMILES string of the molecule is CN[C@@H](CCCCNC(=O)COCCOCCNC(=O)COCCOCCCC(=O)CC[C@H](NC(=O)C1CCC(CCC(=O)CCCCCCCCCCCCCCCCCCC(=O)O)CC1)C(=O)O)C(=O)CN(C)[C@@H](Cc1ccc(O)cc1)C(N)=O. The number of carbonyl (C=O) groups excluding carboxylic acids is 7. The van der Waals surface area contributed by atoms with E-state index in [2.05, 4.69) is 21.3 Å². The van der Waals surface area contributed by atoms with Crippen molar-refractivity contribution in [2.45, 2.75) is 224 Å². The number of ether oxygens (including phenoxy) is 4. The minimum Gasteiger partial charge on any atom is -0.508 e. The van der Waals surface area contributed by atoms with Gasteiger partial charge in [0.1, 0.15) is 36.6 Å². The van der Waals surface area contributed by atoms with E-state index in [1.807, 2.05) is 0 Å². The van der Waals surface area contributed by atoms with Crippen LogP contribution in [0.1, 0.15) is 205 Å². The van der Waals surface area contributed by atoms with Crippen LogP contribution >= 0.6 is 0 Å². The molecule has 1 fully saturated rings. The summed E-state index contributed by atoms with van der Waals surface area (Å²) in [4.78, 5) is 112. The van der Waals surface area contributed by atoms with E-state index < -0.39 is 36.0 Å². The van der Waals surface area contributed by atoms with Gasteiger partial charge < -0.3 is 61.3 Å². The van der Waals surface area contributed by atoms with Crippen LogP contribution in [0.25, 0.3) is 0 Å². The lowest BCUT2D eigenvalue weighted by Gasteiger charge is -2.28. The number of phenols is 1. The first-order valence-corrected chi connectivity index (χ1v) is 32.6. The first-order chi connectivity index (χ1) is 42.0. The Balaban J connectivity index is 1.38. The van der Waals surface area contributed by atoms with E-state index in [0.29, 0.717) is 76.0 Å². The fourth-order valence-electron chi connectivity index (χ4n) is 10.7. The van der Waals surface area contributed by atoms with Gasteiger partial charge in [-0.1, -0.05) is 102 Å². The molecule has 0 radical (unpaired) electrons. The zero-order valence-corrected chi connectivity index (χ0v) is 52.8. The van der Waals surface area contributed by atoms with Gasteiger partial charge in [-0.3, -0.25) is 43.3 Å². The molecule has 496 valence electrons. The molecule has 4 amide bonds. The van der Waals surface area contributed by atoms with E-state index in [0.717, 1.165) is 56.9 Å². The van der Waals surface area contributed by atoms with Crippen LogP contribution in [0.15, 0.2) is 24.3 Å². The van der Waals surface area contributed by atoms with Crippen molar-refractivity contribution in [1.29, 1.82) is 0 Å². The van der Waals surface area contributed by atoms with Crippen molar-refractivity contribution >= 4 is 52.9 Å². The molecular weight excluding hydrogens is 1120 g/mol. The van der Waals surface area contributed by atoms with Crippen LogP contribution in [-0.2, 0) is 68.5 Å². The molecule has 0 unspecified atom stereocenters. The number of carboxylic acid groups (broad SMARTS) is 2. The molecule has 1 aromatic carbocycles. The van der Waals surface area contributed by atoms with Gasteiger partial charge in [-0.2, -0.15) is 0 Å². The van der Waals surface area contributed by atoms with Gasteiger partial charge in [-0.05, 0) is 121 Å². The highest BCUT2D eigenvalue weighted by Crippen LogP contribution is 2.32. The summed E-state index contributed by atoms with van der Waals surface area (Å²) in [5.74, 6) is -2.99. The average Bonchev–Trinajstić information content (AvgIpc) is 3.69. The number of nitrogens with zero attached hydrogens (tertiary/aromatic N) is 1. The van der Waals surface area contributed by atoms with E-state index in [1.165, 1.54) is 82.8 Å². The molecule has 1 aliphatic carbocycles. The van der Waals surface area contributed by atoms with Gasteiger partial charge in [0.05, 0.1) is 51.7 Å². The highest BCUT2D eigenvalue weighted by Gasteiger charge is 2.30. The smallest absolute Gasteiger partial charge is 0.326 e. The number of hydrogen-bond donors (Lipinski definition) is 8. The minimum absolute atomic E-state index is 0.00381. The maximum atomic E-state index is 13.1. The van der Waals surface area contributed by atoms with Crippen LogP contribution < -0.4 is 27.0 Å². The standard InChI is InChI=1S/C65H110N6O16/c1-67-56(59(75)47-71(2)58(63(66)80)46-51-29-34-55(74)35-30-51)24-19-20-38-68-60(76)48-87-45-43-85-41-39-69-61(77)49-86-44-42-84-40-21-23-54(73)36-37-57(65(82)83)70-64(81)52-31-26-50(27-32-52)28-33-53(72)22-17-15-13-11-9-7-5-3-4-6-8-10-12-14-16-18-25-62(78)79/h29-30,34-35,50,52,56-58,67,74H,3-28,31-33,36-49H2,1-2H3,(H2,66,80)(H,68,76)(H,69,77)(H,70,81)(H,78,79)(H,82,83)/t50?,52?,56-,57-,58-/m0/s1. The number of nitrogens with one attached hydrogen (secondary N) is 4. The van der Waals surface area contributed by atoms with Gasteiger partial charge in [-0.15, -0.1) is 0 Å². The van der Waals surface area contributed by atoms with Crippen LogP contribution in [0, 0.1) is 11.8 Å². The number of carboxylic acids is 2. The van der Waals surface area contributed by atoms with Gasteiger partial charge in [-0.25, -0.2) is 4.79 Å². The van der Waals surface area contributed by atoms with Crippen molar-refractivity contribution in [2.24, 2.45) is 17.6 Å². The fourth-order valence-corrected chi connectivity index (χ4v) is 10.7. The molecule has 22 heteroatoms. The number of aromatic hydroxyl groups is 1. The summed E-state index contributed by atoms with van der Waals surface area (Å²) in [6, 6.07) is 4.19. The summed E-state index contributed by atoms with van der Waals surface area (Å²) in [5, 5.41) is 39.2. The Hall–Kier alpha value is -5.39. The molecule has 87 heavy (non-hydrogen) atoms. The highest BCUT2D eigenvalue weighted by molar-refractivity contribution is 5.88. The topological polar surface area (TPSA) is 329 Å². The maximum absolute atomic E-state index is 13.1. The van der Waals surface area contributed by atoms with Crippen molar-refractivity contribution in [3.05, 3.63) is 29.8 Å². The van der Waals surface area contributed by atoms with Gasteiger partial charge in [0.15, 0.2) is 5.78 Å². The highest BCUT2D eigenvalue weighted by atomic mass is 16.5. The minimum atomic E-state index is -1.17. The molecular formula is C65H110N6O16. The maximum Gasteiger partial charge on any atom is 0.326 e. The van der Waals surface area contributed by atoms with E-state index in [9.17, 15) is 53.4 Å². The van der Waals surface area contributed by atoms with Gasteiger partial charge in [0, 0.05) is 57.7 Å². The van der Waals surface area contributed by atoms with Crippen LogP contribution in [0.3, 0.4) is 0 Å². The average molecular weight is 1230 g/mol. The Labute approximate surface area is 518 Å². The molecule has 1 saturated carbocycles. The summed E-state index contributed by atoms with van der Waals surface area (Å²) in [7, 11) is 3.38. The normalized spacial score (nSPS) is 15.1. The molecule has 2 rings (SSSR count). The summed E-state index contributed by atoms with van der Waals surface area (Å²) < 4.78 is 21.7. The van der Waals surface area contributed by atoms with E-state index in [4.69, 9.17) is 29.8 Å². The predicted molar refractivity (Wildman–Crippen MR) is 332 cm³/mol. The van der Waals surface area contributed by atoms with Crippen molar-refractivity contribution in [3.8, 4) is 5.75 Å². The van der Waals surface area contributed by atoms with Gasteiger partial charge >= 0.3 is 11.9 Å². The number of primary amides is 1. The van der Waals surface area contributed by atoms with Crippen LogP contribution in [-0.4, -0.2) is 178 Å². The third kappa shape index (κ3) is 41.5. The lowest BCUT2D eigenvalue weighted by atomic mass is 9.79. The number of ketones is 3. The number of nitrogens with two attached hydrogens (primary N) is 1. The second-order valence-corrected chi connectivity index (χ2v) is 23.5. The van der Waals surface area contributed by atoms with Crippen molar-refractivity contribution in [3.63, 3.8) is 0 Å². The quantitative estimate of drug-likeness (QED) is 0.0296. The number of Topliss-reactive ketones (excluding diaryl/α,β-unsaturated/α-hetero) is 3. The summed E-state index contributed by atoms with van der Waals surface area (Å²) in [6.07, 6.45) is 27.0. The Morgan fingerprint density at radius 3 is 1.61 bits per heavy atom. The molecule has 0 heterocycles. The molecule has 0 aliphatic heterocycles. The summed E-state index contributed by atoms with van der Waals surface area (Å²) in [6.45, 7) is 1.66. The van der Waals surface area contributed by atoms with E-state index >= 15 is 0 Å². The Morgan fingerprint density at radius 1 is 0.563 bits per heavy atom. The Morgan fingerprint density at radius 2 is 1.07 bits per heavy atom. The van der Waals surface area contributed by atoms with Crippen LogP contribution in [0.5, 0.6) is 5.75 Å². The number of amides is 4. The number of benzene rings is 1. The lowest BCUT2D eigenvalue weighted by molar-refractivity contribution is -0.143. The number of likely N-dealkylation sites (N-methyl/N-ethyl adjacent to an activating group) is 2. The third-order valence-electron chi connectivity index (χ3n) is 16.1. The molecule has 0 bridgehead atoms. The Bertz CT molecular complexity index is 2090.